The highest BCUT2D eigenvalue weighted by Gasteiger charge is 2.32. The number of hydrogen-bond donors (Lipinski definition) is 0. The largest absolute Gasteiger partial charge is 0.423 e. The standard InChI is InChI=1S/C11H10ClF3N2O/c12-5-6-17(7-11(13,14)15)10-16-8-3-1-2-4-9(8)18-10/h1-4H,5-7H2. The smallest absolute Gasteiger partial charge is 0.406 e. The molecule has 0 aliphatic carbocycles. The Kier molecular flexibility index (Phi) is 3.65. The monoisotopic (exact) mass is 278 g/mol. The van der Waals surface area contributed by atoms with Gasteiger partial charge in [-0.1, -0.05) is 12.1 Å². The molecule has 0 radical (unpaired) electrons. The maximum absolute atomic E-state index is 12.4. The lowest BCUT2D eigenvalue weighted by Crippen LogP contribution is -2.35. The van der Waals surface area contributed by atoms with Crippen molar-refractivity contribution in [1.82, 2.24) is 4.98 Å². The SMILES string of the molecule is FC(F)(F)CN(CCCl)c1nc2ccccc2o1. The molecule has 18 heavy (non-hydrogen) atoms. The van der Waals surface area contributed by atoms with Gasteiger partial charge in [0.2, 0.25) is 0 Å². The summed E-state index contributed by atoms with van der Waals surface area (Å²) in [6.07, 6.45) is -4.33. The van der Waals surface area contributed by atoms with E-state index in [1.54, 1.807) is 24.3 Å². The van der Waals surface area contributed by atoms with E-state index < -0.39 is 12.7 Å². The van der Waals surface area contributed by atoms with E-state index in [1.165, 1.54) is 0 Å². The number of aromatic nitrogens is 1. The maximum atomic E-state index is 12.4. The molecule has 1 aromatic carbocycles. The van der Waals surface area contributed by atoms with Crippen molar-refractivity contribution in [3.05, 3.63) is 24.3 Å². The third kappa shape index (κ3) is 3.07. The second-order valence-electron chi connectivity index (χ2n) is 3.69. The molecule has 1 heterocycles. The van der Waals surface area contributed by atoms with E-state index in [2.05, 4.69) is 4.98 Å². The van der Waals surface area contributed by atoms with Crippen LogP contribution in [0.2, 0.25) is 0 Å². The second kappa shape index (κ2) is 5.06. The summed E-state index contributed by atoms with van der Waals surface area (Å²) in [7, 11) is 0. The molecule has 0 N–H and O–H groups in total. The van der Waals surface area contributed by atoms with Crippen LogP contribution >= 0.6 is 11.6 Å². The van der Waals surface area contributed by atoms with Crippen LogP contribution in [0, 0.1) is 0 Å². The van der Waals surface area contributed by atoms with Crippen molar-refractivity contribution in [3.63, 3.8) is 0 Å². The van der Waals surface area contributed by atoms with Crippen LogP contribution in [0.5, 0.6) is 0 Å². The van der Waals surface area contributed by atoms with Crippen molar-refractivity contribution >= 4 is 28.7 Å². The van der Waals surface area contributed by atoms with Gasteiger partial charge in [0.1, 0.15) is 12.1 Å². The van der Waals surface area contributed by atoms with Gasteiger partial charge in [-0.15, -0.1) is 11.6 Å². The number of alkyl halides is 4. The summed E-state index contributed by atoms with van der Waals surface area (Å²) < 4.78 is 42.5. The molecule has 3 nitrogen and oxygen atoms in total. The van der Waals surface area contributed by atoms with Gasteiger partial charge in [0.05, 0.1) is 0 Å². The molecular weight excluding hydrogens is 269 g/mol. The summed E-state index contributed by atoms with van der Waals surface area (Å²) in [6.45, 7) is -1.11. The number of hydrogen-bond acceptors (Lipinski definition) is 3. The van der Waals surface area contributed by atoms with Crippen molar-refractivity contribution in [1.29, 1.82) is 0 Å². The molecule has 98 valence electrons. The van der Waals surface area contributed by atoms with Crippen molar-refractivity contribution in [2.75, 3.05) is 23.9 Å². The number of oxazole rings is 1. The topological polar surface area (TPSA) is 29.3 Å². The Morgan fingerprint density at radius 2 is 2.00 bits per heavy atom. The Morgan fingerprint density at radius 1 is 1.28 bits per heavy atom. The quantitative estimate of drug-likeness (QED) is 0.803. The molecule has 0 amide bonds. The lowest BCUT2D eigenvalue weighted by molar-refractivity contribution is -0.120. The van der Waals surface area contributed by atoms with Gasteiger partial charge in [0.25, 0.3) is 6.01 Å². The van der Waals surface area contributed by atoms with E-state index in [1.807, 2.05) is 0 Å². The van der Waals surface area contributed by atoms with Crippen molar-refractivity contribution in [2.45, 2.75) is 6.18 Å². The summed E-state index contributed by atoms with van der Waals surface area (Å²) >= 11 is 5.50. The molecular formula is C11H10ClF3N2O. The second-order valence-corrected chi connectivity index (χ2v) is 4.07. The Morgan fingerprint density at radius 3 is 2.61 bits per heavy atom. The van der Waals surface area contributed by atoms with Gasteiger partial charge >= 0.3 is 6.18 Å². The Balaban J connectivity index is 2.29. The molecule has 0 saturated heterocycles. The predicted molar refractivity (Wildman–Crippen MR) is 63.0 cm³/mol. The number of anilines is 1. The highest BCUT2D eigenvalue weighted by molar-refractivity contribution is 6.18. The minimum absolute atomic E-state index is 0.0217. The van der Waals surface area contributed by atoms with E-state index >= 15 is 0 Å². The molecule has 0 fully saturated rings. The van der Waals surface area contributed by atoms with Crippen LogP contribution in [0.1, 0.15) is 0 Å². The summed E-state index contributed by atoms with van der Waals surface area (Å²) in [4.78, 5) is 5.00. The van der Waals surface area contributed by atoms with Crippen molar-refractivity contribution < 1.29 is 17.6 Å². The lowest BCUT2D eigenvalue weighted by Gasteiger charge is -2.20. The maximum Gasteiger partial charge on any atom is 0.406 e. The first kappa shape index (κ1) is 13.0. The zero-order valence-corrected chi connectivity index (χ0v) is 10.0. The molecule has 0 unspecified atom stereocenters. The van der Waals surface area contributed by atoms with Crippen LogP contribution in [0.3, 0.4) is 0 Å². The number of para-hydroxylation sites is 2. The van der Waals surface area contributed by atoms with Crippen molar-refractivity contribution in [2.24, 2.45) is 0 Å². The van der Waals surface area contributed by atoms with E-state index in [9.17, 15) is 13.2 Å². The van der Waals surface area contributed by atoms with Crippen LogP contribution in [0.25, 0.3) is 11.1 Å². The molecule has 0 aliphatic rings. The molecule has 0 saturated carbocycles. The van der Waals surface area contributed by atoms with Crippen molar-refractivity contribution in [3.8, 4) is 0 Å². The van der Waals surface area contributed by atoms with Gasteiger partial charge in [-0.25, -0.2) is 0 Å². The van der Waals surface area contributed by atoms with E-state index in [-0.39, 0.29) is 18.4 Å². The fourth-order valence-corrected chi connectivity index (χ4v) is 1.76. The highest BCUT2D eigenvalue weighted by atomic mass is 35.5. The minimum Gasteiger partial charge on any atom is -0.423 e. The van der Waals surface area contributed by atoms with Crippen LogP contribution < -0.4 is 4.90 Å². The normalized spacial score (nSPS) is 12.0. The first-order valence-electron chi connectivity index (χ1n) is 5.23. The zero-order chi connectivity index (χ0) is 13.2. The summed E-state index contributed by atoms with van der Waals surface area (Å²) in [5.41, 5.74) is 0.975. The van der Waals surface area contributed by atoms with E-state index in [0.717, 1.165) is 4.90 Å². The van der Waals surface area contributed by atoms with Gasteiger partial charge < -0.3 is 9.32 Å². The lowest BCUT2D eigenvalue weighted by atomic mass is 10.3. The van der Waals surface area contributed by atoms with E-state index in [4.69, 9.17) is 16.0 Å². The first-order chi connectivity index (χ1) is 8.49. The molecule has 0 aliphatic heterocycles. The van der Waals surface area contributed by atoms with Gasteiger partial charge in [0, 0.05) is 12.4 Å². The highest BCUT2D eigenvalue weighted by Crippen LogP contribution is 2.25. The number of nitrogens with zero attached hydrogens (tertiary/aromatic N) is 2. The number of fused-ring (bicyclic) bond motifs is 1. The van der Waals surface area contributed by atoms with Crippen LogP contribution in [0.15, 0.2) is 28.7 Å². The van der Waals surface area contributed by atoms with E-state index in [0.29, 0.717) is 11.1 Å². The van der Waals surface area contributed by atoms with Gasteiger partial charge in [-0.3, -0.25) is 0 Å². The third-order valence-corrected chi connectivity index (χ3v) is 2.45. The summed E-state index contributed by atoms with van der Waals surface area (Å²) in [6, 6.07) is 6.73. The first-order valence-corrected chi connectivity index (χ1v) is 5.76. The van der Waals surface area contributed by atoms with Gasteiger partial charge in [-0.2, -0.15) is 18.2 Å². The Bertz CT molecular complexity index is 493. The Hall–Kier alpha value is -1.43. The Labute approximate surface area is 106 Å². The van der Waals surface area contributed by atoms with Crippen LogP contribution in [-0.4, -0.2) is 30.1 Å². The van der Waals surface area contributed by atoms with Gasteiger partial charge in [-0.05, 0) is 12.1 Å². The van der Waals surface area contributed by atoms with Gasteiger partial charge in [0.15, 0.2) is 5.58 Å². The molecule has 0 bridgehead atoms. The third-order valence-electron chi connectivity index (χ3n) is 2.28. The summed E-state index contributed by atoms with van der Waals surface area (Å²) in [5, 5.41) is 0. The number of rotatable bonds is 4. The molecule has 7 heteroatoms. The summed E-state index contributed by atoms with van der Waals surface area (Å²) in [5.74, 6) is 0.0643. The van der Waals surface area contributed by atoms with Crippen LogP contribution in [-0.2, 0) is 0 Å². The zero-order valence-electron chi connectivity index (χ0n) is 9.25. The average molecular weight is 279 g/mol. The molecule has 0 spiro atoms. The average Bonchev–Trinajstić information content (AvgIpc) is 2.70. The fraction of sp³-hybridized carbons (Fsp3) is 0.364. The fourth-order valence-electron chi connectivity index (χ4n) is 1.56. The molecule has 2 aromatic rings. The molecule has 2 rings (SSSR count). The molecule has 1 aromatic heterocycles. The molecule has 0 atom stereocenters. The predicted octanol–water partition coefficient (Wildman–Crippen LogP) is 3.44. The minimum atomic E-state index is -4.33. The van der Waals surface area contributed by atoms with Crippen LogP contribution in [0.4, 0.5) is 19.2 Å². The number of benzene rings is 1. The number of halogens is 4.